The second-order valence-electron chi connectivity index (χ2n) is 2.71. The van der Waals surface area contributed by atoms with E-state index in [1.807, 2.05) is 0 Å². The van der Waals surface area contributed by atoms with Gasteiger partial charge in [-0.1, -0.05) is 0 Å². The third-order valence-corrected chi connectivity index (χ3v) is 2.34. The van der Waals surface area contributed by atoms with Gasteiger partial charge in [-0.3, -0.25) is 0 Å². The maximum atomic E-state index is 13.0. The van der Waals surface area contributed by atoms with E-state index in [-0.39, 0.29) is 10.0 Å². The minimum absolute atomic E-state index is 0.0433. The van der Waals surface area contributed by atoms with Crippen LogP contribution in [0.5, 0.6) is 5.75 Å². The molecule has 0 heterocycles. The predicted molar refractivity (Wildman–Crippen MR) is 49.7 cm³/mol. The van der Waals surface area contributed by atoms with Crippen LogP contribution < -0.4 is 5.73 Å². The topological polar surface area (TPSA) is 66.5 Å². The van der Waals surface area contributed by atoms with Crippen molar-refractivity contribution in [3.8, 4) is 5.75 Å². The first-order chi connectivity index (χ1) is 6.49. The van der Waals surface area contributed by atoms with Crippen molar-refractivity contribution < 1.29 is 19.0 Å². The van der Waals surface area contributed by atoms with Crippen LogP contribution in [0.25, 0.3) is 0 Å². The molecule has 0 aliphatic rings. The largest absolute Gasteiger partial charge is 0.505 e. The van der Waals surface area contributed by atoms with Gasteiger partial charge < -0.3 is 15.9 Å². The molecule has 0 bridgehead atoms. The normalized spacial score (nSPS) is 12.9. The third-order valence-electron chi connectivity index (χ3n) is 1.76. The van der Waals surface area contributed by atoms with Gasteiger partial charge in [0.1, 0.15) is 0 Å². The highest BCUT2D eigenvalue weighted by molar-refractivity contribution is 9.10. The fourth-order valence-electron chi connectivity index (χ4n) is 0.985. The number of benzene rings is 1. The van der Waals surface area contributed by atoms with Gasteiger partial charge in [0.2, 0.25) is 5.82 Å². The molecule has 14 heavy (non-hydrogen) atoms. The SMILES string of the molecule is NC(CO)c1cc(Br)c(F)c(F)c1O. The lowest BCUT2D eigenvalue weighted by molar-refractivity contribution is 0.263. The lowest BCUT2D eigenvalue weighted by Gasteiger charge is -2.12. The number of hydrogen-bond donors (Lipinski definition) is 3. The van der Waals surface area contributed by atoms with E-state index in [0.717, 1.165) is 6.07 Å². The van der Waals surface area contributed by atoms with Crippen molar-refractivity contribution in [1.82, 2.24) is 0 Å². The number of aliphatic hydroxyl groups excluding tert-OH is 1. The Balaban J connectivity index is 3.33. The molecule has 3 nitrogen and oxygen atoms in total. The van der Waals surface area contributed by atoms with Gasteiger partial charge in [-0.2, -0.15) is 4.39 Å². The summed E-state index contributed by atoms with van der Waals surface area (Å²) in [6.45, 7) is -0.467. The maximum absolute atomic E-state index is 13.0. The molecule has 1 atom stereocenters. The lowest BCUT2D eigenvalue weighted by atomic mass is 10.1. The van der Waals surface area contributed by atoms with Crippen LogP contribution in [0.2, 0.25) is 0 Å². The highest BCUT2D eigenvalue weighted by Gasteiger charge is 2.19. The molecule has 6 heteroatoms. The van der Waals surface area contributed by atoms with Gasteiger partial charge in [0.05, 0.1) is 17.1 Å². The summed E-state index contributed by atoms with van der Waals surface area (Å²) in [5.74, 6) is -3.43. The monoisotopic (exact) mass is 267 g/mol. The number of aromatic hydroxyl groups is 1. The quantitative estimate of drug-likeness (QED) is 0.711. The Labute approximate surface area is 87.3 Å². The molecular formula is C8H8BrF2NO2. The van der Waals surface area contributed by atoms with Crippen LogP contribution in [0.4, 0.5) is 8.78 Å². The molecule has 1 aromatic carbocycles. The van der Waals surface area contributed by atoms with E-state index >= 15 is 0 Å². The van der Waals surface area contributed by atoms with E-state index in [9.17, 15) is 13.9 Å². The Kier molecular flexibility index (Phi) is 3.41. The van der Waals surface area contributed by atoms with Crippen LogP contribution in [0.15, 0.2) is 10.5 Å². The number of phenolic OH excluding ortho intramolecular Hbond substituents is 1. The zero-order valence-corrected chi connectivity index (χ0v) is 8.55. The van der Waals surface area contributed by atoms with Crippen molar-refractivity contribution >= 4 is 15.9 Å². The molecule has 0 spiro atoms. The van der Waals surface area contributed by atoms with Crippen molar-refractivity contribution in [2.75, 3.05) is 6.61 Å². The molecule has 78 valence electrons. The Morgan fingerprint density at radius 1 is 1.43 bits per heavy atom. The van der Waals surface area contributed by atoms with Crippen LogP contribution in [0.1, 0.15) is 11.6 Å². The average molecular weight is 268 g/mol. The minimum Gasteiger partial charge on any atom is -0.505 e. The Morgan fingerprint density at radius 3 is 2.50 bits per heavy atom. The summed E-state index contributed by atoms with van der Waals surface area (Å²) in [5, 5.41) is 17.9. The zero-order chi connectivity index (χ0) is 10.9. The van der Waals surface area contributed by atoms with Gasteiger partial charge in [0.15, 0.2) is 11.6 Å². The van der Waals surface area contributed by atoms with Gasteiger partial charge in [-0.15, -0.1) is 0 Å². The molecule has 0 amide bonds. The zero-order valence-electron chi connectivity index (χ0n) is 6.97. The molecule has 4 N–H and O–H groups in total. The number of nitrogens with two attached hydrogens (primary N) is 1. The fourth-order valence-corrected chi connectivity index (χ4v) is 1.41. The van der Waals surface area contributed by atoms with E-state index in [1.165, 1.54) is 0 Å². The second-order valence-corrected chi connectivity index (χ2v) is 3.57. The summed E-state index contributed by atoms with van der Waals surface area (Å²) in [6, 6.07) is 0.190. The van der Waals surface area contributed by atoms with Crippen LogP contribution in [-0.2, 0) is 0 Å². The van der Waals surface area contributed by atoms with Crippen LogP contribution in [0, 0.1) is 11.6 Å². The maximum Gasteiger partial charge on any atom is 0.201 e. The number of rotatable bonds is 2. The van der Waals surface area contributed by atoms with Gasteiger partial charge >= 0.3 is 0 Å². The summed E-state index contributed by atoms with van der Waals surface area (Å²) in [6.07, 6.45) is 0. The highest BCUT2D eigenvalue weighted by Crippen LogP contribution is 2.32. The van der Waals surface area contributed by atoms with Gasteiger partial charge in [0, 0.05) is 5.56 Å². The molecule has 1 unspecified atom stereocenters. The van der Waals surface area contributed by atoms with E-state index in [1.54, 1.807) is 0 Å². The summed E-state index contributed by atoms with van der Waals surface area (Å²) in [7, 11) is 0. The minimum atomic E-state index is -1.38. The van der Waals surface area contributed by atoms with Crippen molar-refractivity contribution in [3.05, 3.63) is 27.7 Å². The predicted octanol–water partition coefficient (Wildman–Crippen LogP) is 1.42. The first-order valence-electron chi connectivity index (χ1n) is 3.71. The molecule has 1 aromatic rings. The van der Waals surface area contributed by atoms with Crippen molar-refractivity contribution in [2.24, 2.45) is 5.73 Å². The molecule has 1 rings (SSSR count). The Hall–Kier alpha value is -0.720. The molecule has 0 aliphatic heterocycles. The summed E-state index contributed by atoms with van der Waals surface area (Å²) in [5.41, 5.74) is 5.32. The Bertz CT molecular complexity index is 360. The second kappa shape index (κ2) is 4.20. The van der Waals surface area contributed by atoms with E-state index in [4.69, 9.17) is 10.8 Å². The van der Waals surface area contributed by atoms with Crippen LogP contribution in [0.3, 0.4) is 0 Å². The van der Waals surface area contributed by atoms with Crippen LogP contribution in [-0.4, -0.2) is 16.8 Å². The lowest BCUT2D eigenvalue weighted by Crippen LogP contribution is -2.15. The van der Waals surface area contributed by atoms with Crippen molar-refractivity contribution in [1.29, 1.82) is 0 Å². The molecule has 0 fully saturated rings. The Morgan fingerprint density at radius 2 is 2.00 bits per heavy atom. The first kappa shape index (κ1) is 11.4. The number of halogens is 3. The third kappa shape index (κ3) is 1.87. The van der Waals surface area contributed by atoms with Gasteiger partial charge in [-0.05, 0) is 22.0 Å². The van der Waals surface area contributed by atoms with Gasteiger partial charge in [0.25, 0.3) is 0 Å². The first-order valence-corrected chi connectivity index (χ1v) is 4.51. The molecule has 0 saturated heterocycles. The van der Waals surface area contributed by atoms with Crippen molar-refractivity contribution in [2.45, 2.75) is 6.04 Å². The average Bonchev–Trinajstić information content (AvgIpc) is 2.19. The van der Waals surface area contributed by atoms with Crippen molar-refractivity contribution in [3.63, 3.8) is 0 Å². The number of aliphatic hydroxyl groups is 1. The van der Waals surface area contributed by atoms with E-state index in [0.29, 0.717) is 0 Å². The van der Waals surface area contributed by atoms with Crippen LogP contribution >= 0.6 is 15.9 Å². The van der Waals surface area contributed by atoms with E-state index in [2.05, 4.69) is 15.9 Å². The summed E-state index contributed by atoms with van der Waals surface area (Å²) < 4.78 is 25.7. The standard InChI is InChI=1S/C8H8BrF2NO2/c9-4-1-3(5(12)2-13)8(14)7(11)6(4)10/h1,5,13-14H,2,12H2. The molecular weight excluding hydrogens is 260 g/mol. The molecule has 0 saturated carbocycles. The summed E-state index contributed by atoms with van der Waals surface area (Å²) >= 11 is 2.77. The summed E-state index contributed by atoms with van der Waals surface area (Å²) in [4.78, 5) is 0. The number of phenols is 1. The highest BCUT2D eigenvalue weighted by atomic mass is 79.9. The molecule has 0 radical (unpaired) electrons. The van der Waals surface area contributed by atoms with Gasteiger partial charge in [-0.25, -0.2) is 4.39 Å². The molecule has 0 aliphatic carbocycles. The fraction of sp³-hybridized carbons (Fsp3) is 0.250. The number of hydrogen-bond acceptors (Lipinski definition) is 3. The van der Waals surface area contributed by atoms with E-state index < -0.39 is 30.0 Å². The smallest absolute Gasteiger partial charge is 0.201 e. The molecule has 0 aromatic heterocycles.